The molecule has 0 bridgehead atoms. The average molecular weight is 218 g/mol. The van der Waals surface area contributed by atoms with Gasteiger partial charge in [-0.1, -0.05) is 6.07 Å². The molecule has 5 nitrogen and oxygen atoms in total. The van der Waals surface area contributed by atoms with Crippen molar-refractivity contribution in [3.63, 3.8) is 0 Å². The molecule has 2 rings (SSSR count). The first kappa shape index (κ1) is 10.2. The highest BCUT2D eigenvalue weighted by atomic mass is 16.5. The number of esters is 1. The minimum atomic E-state index is -0.403. The molecular formula is C11H10N2O3. The molecule has 0 fully saturated rings. The number of fused-ring (bicyclic) bond motifs is 1. The summed E-state index contributed by atoms with van der Waals surface area (Å²) in [6.07, 6.45) is 2.97. The van der Waals surface area contributed by atoms with E-state index in [9.17, 15) is 4.79 Å². The summed E-state index contributed by atoms with van der Waals surface area (Å²) < 4.78 is 9.60. The third kappa shape index (κ3) is 2.03. The number of aromatic nitrogens is 1. The number of methoxy groups -OCH3 is 1. The van der Waals surface area contributed by atoms with Crippen LogP contribution in [0.1, 0.15) is 5.56 Å². The van der Waals surface area contributed by atoms with Gasteiger partial charge in [0.25, 0.3) is 6.01 Å². The fourth-order valence-electron chi connectivity index (χ4n) is 1.30. The normalized spacial score (nSPS) is 11.1. The van der Waals surface area contributed by atoms with Gasteiger partial charge in [-0.3, -0.25) is 0 Å². The molecule has 2 aromatic rings. The maximum Gasteiger partial charge on any atom is 0.330 e. The Labute approximate surface area is 91.5 Å². The van der Waals surface area contributed by atoms with E-state index in [0.29, 0.717) is 11.1 Å². The molecule has 0 atom stereocenters. The third-order valence-corrected chi connectivity index (χ3v) is 2.04. The minimum Gasteiger partial charge on any atom is -0.466 e. The van der Waals surface area contributed by atoms with Gasteiger partial charge in [0.15, 0.2) is 5.58 Å². The van der Waals surface area contributed by atoms with Gasteiger partial charge in [-0.05, 0) is 23.8 Å². The number of hydrogen-bond acceptors (Lipinski definition) is 5. The fourth-order valence-corrected chi connectivity index (χ4v) is 1.30. The third-order valence-electron chi connectivity index (χ3n) is 2.04. The van der Waals surface area contributed by atoms with Gasteiger partial charge >= 0.3 is 5.97 Å². The molecule has 0 saturated heterocycles. The smallest absolute Gasteiger partial charge is 0.330 e. The van der Waals surface area contributed by atoms with Crippen LogP contribution in [0.5, 0.6) is 0 Å². The maximum atomic E-state index is 10.9. The van der Waals surface area contributed by atoms with Gasteiger partial charge in [-0.15, -0.1) is 0 Å². The molecule has 0 amide bonds. The SMILES string of the molecule is COC(=O)/C=C/c1ccc2oc(N)nc2c1. The van der Waals surface area contributed by atoms with Crippen molar-refractivity contribution in [2.24, 2.45) is 0 Å². The molecule has 5 heteroatoms. The highest BCUT2D eigenvalue weighted by Gasteiger charge is 2.02. The lowest BCUT2D eigenvalue weighted by atomic mass is 10.2. The van der Waals surface area contributed by atoms with Crippen molar-refractivity contribution < 1.29 is 13.9 Å². The van der Waals surface area contributed by atoms with Crippen LogP contribution in [0.4, 0.5) is 6.01 Å². The van der Waals surface area contributed by atoms with Gasteiger partial charge in [-0.25, -0.2) is 4.79 Å². The zero-order valence-electron chi connectivity index (χ0n) is 8.64. The summed E-state index contributed by atoms with van der Waals surface area (Å²) in [5.74, 6) is -0.403. The van der Waals surface area contributed by atoms with Crippen LogP contribution in [0.15, 0.2) is 28.7 Å². The van der Waals surface area contributed by atoms with Crippen LogP contribution in [-0.4, -0.2) is 18.1 Å². The second-order valence-corrected chi connectivity index (χ2v) is 3.14. The van der Waals surface area contributed by atoms with Crippen LogP contribution in [0.2, 0.25) is 0 Å². The molecule has 0 aliphatic heterocycles. The highest BCUT2D eigenvalue weighted by Crippen LogP contribution is 2.18. The van der Waals surface area contributed by atoms with Gasteiger partial charge in [0.2, 0.25) is 0 Å². The number of hydrogen-bond donors (Lipinski definition) is 1. The van der Waals surface area contributed by atoms with Gasteiger partial charge in [0, 0.05) is 6.08 Å². The van der Waals surface area contributed by atoms with E-state index in [4.69, 9.17) is 10.2 Å². The van der Waals surface area contributed by atoms with Crippen molar-refractivity contribution in [2.75, 3.05) is 12.8 Å². The van der Waals surface area contributed by atoms with Crippen molar-refractivity contribution in [1.29, 1.82) is 0 Å². The molecule has 0 spiro atoms. The predicted octanol–water partition coefficient (Wildman–Crippen LogP) is 1.60. The molecule has 1 aromatic carbocycles. The van der Waals surface area contributed by atoms with E-state index in [1.165, 1.54) is 13.2 Å². The summed E-state index contributed by atoms with van der Waals surface area (Å²) in [7, 11) is 1.33. The van der Waals surface area contributed by atoms with Gasteiger partial charge in [0.1, 0.15) is 5.52 Å². The Morgan fingerprint density at radius 1 is 1.56 bits per heavy atom. The zero-order chi connectivity index (χ0) is 11.5. The summed E-state index contributed by atoms with van der Waals surface area (Å²) in [4.78, 5) is 14.9. The summed E-state index contributed by atoms with van der Waals surface area (Å²) in [6, 6.07) is 5.44. The van der Waals surface area contributed by atoms with Crippen molar-refractivity contribution in [1.82, 2.24) is 4.98 Å². The second-order valence-electron chi connectivity index (χ2n) is 3.14. The van der Waals surface area contributed by atoms with Crippen LogP contribution in [0.3, 0.4) is 0 Å². The summed E-state index contributed by atoms with van der Waals surface area (Å²) in [5.41, 5.74) is 7.51. The van der Waals surface area contributed by atoms with E-state index in [-0.39, 0.29) is 6.01 Å². The largest absolute Gasteiger partial charge is 0.466 e. The lowest BCUT2D eigenvalue weighted by molar-refractivity contribution is -0.134. The van der Waals surface area contributed by atoms with Crippen LogP contribution in [0.25, 0.3) is 17.2 Å². The van der Waals surface area contributed by atoms with E-state index >= 15 is 0 Å². The maximum absolute atomic E-state index is 10.9. The zero-order valence-corrected chi connectivity index (χ0v) is 8.64. The first-order chi connectivity index (χ1) is 7.69. The molecule has 0 radical (unpaired) electrons. The highest BCUT2D eigenvalue weighted by molar-refractivity contribution is 5.88. The molecule has 0 aliphatic carbocycles. The fraction of sp³-hybridized carbons (Fsp3) is 0.0909. The molecule has 0 unspecified atom stereocenters. The topological polar surface area (TPSA) is 78.3 Å². The van der Waals surface area contributed by atoms with Gasteiger partial charge in [0.05, 0.1) is 7.11 Å². The van der Waals surface area contributed by atoms with E-state index < -0.39 is 5.97 Å². The van der Waals surface area contributed by atoms with Crippen molar-refractivity contribution in [3.05, 3.63) is 29.8 Å². The number of oxazole rings is 1. The standard InChI is InChI=1S/C11H10N2O3/c1-15-10(14)5-3-7-2-4-9-8(6-7)13-11(12)16-9/h2-6H,1H3,(H2,12,13)/b5-3+. The first-order valence-corrected chi connectivity index (χ1v) is 4.61. The van der Waals surface area contributed by atoms with Crippen LogP contribution < -0.4 is 5.73 Å². The lowest BCUT2D eigenvalue weighted by Gasteiger charge is -1.92. The number of benzene rings is 1. The Morgan fingerprint density at radius 3 is 3.12 bits per heavy atom. The van der Waals surface area contributed by atoms with E-state index in [1.54, 1.807) is 24.3 Å². The monoisotopic (exact) mass is 218 g/mol. The number of nitrogen functional groups attached to an aromatic ring is 1. The second kappa shape index (κ2) is 4.06. The summed E-state index contributed by atoms with van der Waals surface area (Å²) >= 11 is 0. The first-order valence-electron chi connectivity index (χ1n) is 4.61. The van der Waals surface area contributed by atoms with E-state index in [1.807, 2.05) is 0 Å². The molecule has 1 heterocycles. The van der Waals surface area contributed by atoms with Crippen LogP contribution in [-0.2, 0) is 9.53 Å². The quantitative estimate of drug-likeness (QED) is 0.611. The molecular weight excluding hydrogens is 208 g/mol. The Kier molecular flexibility index (Phi) is 2.59. The summed E-state index contributed by atoms with van der Waals surface area (Å²) in [5, 5.41) is 0. The molecule has 82 valence electrons. The number of carbonyl (C=O) groups excluding carboxylic acids is 1. The molecule has 1 aromatic heterocycles. The summed E-state index contributed by atoms with van der Waals surface area (Å²) in [6.45, 7) is 0. The number of nitrogens with two attached hydrogens (primary N) is 1. The number of carbonyl (C=O) groups is 1. The Hall–Kier alpha value is -2.30. The van der Waals surface area contributed by atoms with Gasteiger partial charge < -0.3 is 14.9 Å². The lowest BCUT2D eigenvalue weighted by Crippen LogP contribution is -1.93. The molecule has 0 aliphatic rings. The Bertz CT molecular complexity index is 557. The number of nitrogens with zero attached hydrogens (tertiary/aromatic N) is 1. The predicted molar refractivity (Wildman–Crippen MR) is 59.5 cm³/mol. The van der Waals surface area contributed by atoms with E-state index in [2.05, 4.69) is 9.72 Å². The molecule has 2 N–H and O–H groups in total. The average Bonchev–Trinajstić information content (AvgIpc) is 2.65. The number of anilines is 1. The number of ether oxygens (including phenoxy) is 1. The van der Waals surface area contributed by atoms with Gasteiger partial charge in [-0.2, -0.15) is 4.98 Å². The van der Waals surface area contributed by atoms with Crippen molar-refractivity contribution in [3.8, 4) is 0 Å². The van der Waals surface area contributed by atoms with Crippen molar-refractivity contribution in [2.45, 2.75) is 0 Å². The minimum absolute atomic E-state index is 0.129. The Balaban J connectivity index is 2.32. The van der Waals surface area contributed by atoms with E-state index in [0.717, 1.165) is 5.56 Å². The van der Waals surface area contributed by atoms with Crippen molar-refractivity contribution >= 4 is 29.2 Å². The van der Waals surface area contributed by atoms with Crippen LogP contribution >= 0.6 is 0 Å². The molecule has 0 saturated carbocycles. The number of rotatable bonds is 2. The molecule has 16 heavy (non-hydrogen) atoms. The van der Waals surface area contributed by atoms with Crippen LogP contribution in [0, 0.1) is 0 Å². The Morgan fingerprint density at radius 2 is 2.38 bits per heavy atom.